The molecule has 23 heavy (non-hydrogen) atoms. The lowest BCUT2D eigenvalue weighted by atomic mass is 10.0. The lowest BCUT2D eigenvalue weighted by molar-refractivity contribution is 0.0902. The van der Waals surface area contributed by atoms with Gasteiger partial charge in [-0.2, -0.15) is 0 Å². The van der Waals surface area contributed by atoms with E-state index in [1.165, 1.54) is 14.2 Å². The van der Waals surface area contributed by atoms with Crippen LogP contribution in [0.25, 0.3) is 0 Å². The van der Waals surface area contributed by atoms with Crippen molar-refractivity contribution in [3.05, 3.63) is 23.8 Å². The first-order valence-corrected chi connectivity index (χ1v) is 7.33. The minimum atomic E-state index is -0.536. The average Bonchev–Trinajstić information content (AvgIpc) is 2.99. The van der Waals surface area contributed by atoms with E-state index in [0.29, 0.717) is 36.8 Å². The number of amides is 2. The van der Waals surface area contributed by atoms with Crippen LogP contribution in [0.1, 0.15) is 24.2 Å². The summed E-state index contributed by atoms with van der Waals surface area (Å²) in [4.78, 5) is 25.6. The van der Waals surface area contributed by atoms with E-state index in [1.807, 2.05) is 13.8 Å². The normalized spacial score (nSPS) is 14.4. The number of nitrogens with one attached hydrogen (secondary N) is 1. The molecule has 1 aromatic carbocycles. The minimum Gasteiger partial charge on any atom is -0.497 e. The summed E-state index contributed by atoms with van der Waals surface area (Å²) in [6.07, 6.45) is -0.354. The maximum absolute atomic E-state index is 12.4. The Balaban J connectivity index is 2.05. The summed E-state index contributed by atoms with van der Waals surface area (Å²) in [5, 5.41) is 2.84. The summed E-state index contributed by atoms with van der Waals surface area (Å²) < 4.78 is 15.3. The summed E-state index contributed by atoms with van der Waals surface area (Å²) in [6, 6.07) is 4.96. The van der Waals surface area contributed by atoms with Crippen molar-refractivity contribution >= 4 is 12.0 Å². The third-order valence-corrected chi connectivity index (χ3v) is 3.79. The van der Waals surface area contributed by atoms with Crippen LogP contribution in [0.5, 0.6) is 11.5 Å². The molecule has 7 nitrogen and oxygen atoms in total. The number of cyclic esters (lactones) is 1. The van der Waals surface area contributed by atoms with Crippen LogP contribution in [0.4, 0.5) is 4.79 Å². The Morgan fingerprint density at radius 1 is 1.26 bits per heavy atom. The van der Waals surface area contributed by atoms with E-state index >= 15 is 0 Å². The van der Waals surface area contributed by atoms with E-state index in [-0.39, 0.29) is 12.0 Å². The van der Waals surface area contributed by atoms with Crippen LogP contribution in [0, 0.1) is 0 Å². The number of hydrogen-bond acceptors (Lipinski definition) is 5. The molecule has 2 amide bonds. The van der Waals surface area contributed by atoms with Gasteiger partial charge in [0.1, 0.15) is 18.1 Å². The number of methoxy groups -OCH3 is 2. The van der Waals surface area contributed by atoms with Crippen LogP contribution in [0.2, 0.25) is 0 Å². The second-order valence-electron chi connectivity index (χ2n) is 5.86. The van der Waals surface area contributed by atoms with Gasteiger partial charge in [-0.05, 0) is 26.0 Å². The van der Waals surface area contributed by atoms with Crippen molar-refractivity contribution in [3.8, 4) is 11.5 Å². The van der Waals surface area contributed by atoms with E-state index in [9.17, 15) is 9.59 Å². The fourth-order valence-electron chi connectivity index (χ4n) is 2.38. The summed E-state index contributed by atoms with van der Waals surface area (Å²) >= 11 is 0. The Labute approximate surface area is 135 Å². The van der Waals surface area contributed by atoms with Crippen molar-refractivity contribution in [2.45, 2.75) is 19.4 Å². The standard InChI is InChI=1S/C16H22N2O5/c1-16(2,18-5-6-23-15(18)20)10-17-14(19)11-7-12(21-3)9-13(8-11)22-4/h7-9H,5-6,10H2,1-4H3,(H,17,19). The number of carbonyl (C=O) groups excluding carboxylic acids is 2. The van der Waals surface area contributed by atoms with E-state index in [2.05, 4.69) is 5.32 Å². The van der Waals surface area contributed by atoms with Crippen molar-refractivity contribution in [3.63, 3.8) is 0 Å². The second-order valence-corrected chi connectivity index (χ2v) is 5.86. The Morgan fingerprint density at radius 3 is 2.35 bits per heavy atom. The van der Waals surface area contributed by atoms with Crippen LogP contribution < -0.4 is 14.8 Å². The molecular formula is C16H22N2O5. The van der Waals surface area contributed by atoms with Gasteiger partial charge in [0.05, 0.1) is 26.3 Å². The van der Waals surface area contributed by atoms with Crippen LogP contribution in [0.15, 0.2) is 18.2 Å². The SMILES string of the molecule is COc1cc(OC)cc(C(=O)NCC(C)(C)N2CCOC2=O)c1. The highest BCUT2D eigenvalue weighted by Gasteiger charge is 2.35. The smallest absolute Gasteiger partial charge is 0.410 e. The van der Waals surface area contributed by atoms with Crippen molar-refractivity contribution in [2.24, 2.45) is 0 Å². The first kappa shape index (κ1) is 16.9. The largest absolute Gasteiger partial charge is 0.497 e. The van der Waals surface area contributed by atoms with E-state index < -0.39 is 5.54 Å². The van der Waals surface area contributed by atoms with Gasteiger partial charge in [0.15, 0.2) is 0 Å². The Bertz CT molecular complexity index is 578. The van der Waals surface area contributed by atoms with Gasteiger partial charge in [0, 0.05) is 18.2 Å². The predicted molar refractivity (Wildman–Crippen MR) is 84.0 cm³/mol. The van der Waals surface area contributed by atoms with Gasteiger partial charge in [-0.3, -0.25) is 9.69 Å². The molecule has 1 saturated heterocycles. The third kappa shape index (κ3) is 3.85. The molecule has 1 heterocycles. The van der Waals surface area contributed by atoms with Gasteiger partial charge < -0.3 is 19.5 Å². The van der Waals surface area contributed by atoms with E-state index in [1.54, 1.807) is 23.1 Å². The van der Waals surface area contributed by atoms with Gasteiger partial charge in [0.25, 0.3) is 5.91 Å². The number of ether oxygens (including phenoxy) is 3. The van der Waals surface area contributed by atoms with Crippen LogP contribution in [-0.2, 0) is 4.74 Å². The summed E-state index contributed by atoms with van der Waals surface area (Å²) in [5.41, 5.74) is -0.104. The molecule has 0 aliphatic carbocycles. The molecule has 0 spiro atoms. The van der Waals surface area contributed by atoms with Crippen LogP contribution >= 0.6 is 0 Å². The molecule has 1 aliphatic rings. The molecule has 0 aromatic heterocycles. The molecule has 7 heteroatoms. The topological polar surface area (TPSA) is 77.1 Å². The number of hydrogen-bond donors (Lipinski definition) is 1. The molecule has 126 valence electrons. The summed E-state index contributed by atoms with van der Waals surface area (Å²) in [5.74, 6) is 0.816. The highest BCUT2D eigenvalue weighted by atomic mass is 16.6. The zero-order valence-corrected chi connectivity index (χ0v) is 13.8. The highest BCUT2D eigenvalue weighted by molar-refractivity contribution is 5.95. The van der Waals surface area contributed by atoms with E-state index in [4.69, 9.17) is 14.2 Å². The molecule has 1 fully saturated rings. The van der Waals surface area contributed by atoms with Crippen molar-refractivity contribution in [1.29, 1.82) is 0 Å². The predicted octanol–water partition coefficient (Wildman–Crippen LogP) is 1.66. The lowest BCUT2D eigenvalue weighted by Gasteiger charge is -2.33. The molecule has 0 saturated carbocycles. The van der Waals surface area contributed by atoms with Crippen LogP contribution in [0.3, 0.4) is 0 Å². The molecule has 1 aromatic rings. The first-order chi connectivity index (χ1) is 10.9. The average molecular weight is 322 g/mol. The van der Waals surface area contributed by atoms with Crippen molar-refractivity contribution in [2.75, 3.05) is 33.9 Å². The second kappa shape index (κ2) is 6.76. The third-order valence-electron chi connectivity index (χ3n) is 3.79. The molecule has 0 unspecified atom stereocenters. The molecule has 0 atom stereocenters. The van der Waals surface area contributed by atoms with Gasteiger partial charge in [-0.25, -0.2) is 4.79 Å². The Kier molecular flexibility index (Phi) is 4.98. The van der Waals surface area contributed by atoms with Gasteiger partial charge in [0.2, 0.25) is 0 Å². The van der Waals surface area contributed by atoms with E-state index in [0.717, 1.165) is 0 Å². The number of benzene rings is 1. The monoisotopic (exact) mass is 322 g/mol. The fraction of sp³-hybridized carbons (Fsp3) is 0.500. The van der Waals surface area contributed by atoms with Gasteiger partial charge in [-0.1, -0.05) is 0 Å². The molecule has 1 N–H and O–H groups in total. The Morgan fingerprint density at radius 2 is 1.87 bits per heavy atom. The van der Waals surface area contributed by atoms with Gasteiger partial charge >= 0.3 is 6.09 Å². The minimum absolute atomic E-state index is 0.261. The van der Waals surface area contributed by atoms with Crippen LogP contribution in [-0.4, -0.2) is 56.4 Å². The lowest BCUT2D eigenvalue weighted by Crippen LogP contribution is -2.52. The number of rotatable bonds is 6. The molecular weight excluding hydrogens is 300 g/mol. The summed E-state index contributed by atoms with van der Waals surface area (Å²) in [6.45, 7) is 4.97. The van der Waals surface area contributed by atoms with Gasteiger partial charge in [-0.15, -0.1) is 0 Å². The molecule has 0 radical (unpaired) electrons. The highest BCUT2D eigenvalue weighted by Crippen LogP contribution is 2.23. The number of carbonyl (C=O) groups is 2. The maximum atomic E-state index is 12.4. The zero-order valence-electron chi connectivity index (χ0n) is 13.8. The summed E-state index contributed by atoms with van der Waals surface area (Å²) in [7, 11) is 3.05. The first-order valence-electron chi connectivity index (χ1n) is 7.33. The number of nitrogens with zero attached hydrogens (tertiary/aromatic N) is 1. The van der Waals surface area contributed by atoms with Crippen molar-refractivity contribution < 1.29 is 23.8 Å². The molecule has 2 rings (SSSR count). The zero-order chi connectivity index (χ0) is 17.0. The quantitative estimate of drug-likeness (QED) is 0.862. The van der Waals surface area contributed by atoms with Crippen molar-refractivity contribution in [1.82, 2.24) is 10.2 Å². The Hall–Kier alpha value is -2.44. The molecule has 0 bridgehead atoms. The molecule has 1 aliphatic heterocycles. The maximum Gasteiger partial charge on any atom is 0.410 e. The fourth-order valence-corrected chi connectivity index (χ4v) is 2.38.